The van der Waals surface area contributed by atoms with Gasteiger partial charge in [-0.05, 0) is 25.2 Å². The maximum Gasteiger partial charge on any atom is 0.323 e. The Kier molecular flexibility index (Phi) is 5.44. The molecule has 0 bridgehead atoms. The highest BCUT2D eigenvalue weighted by molar-refractivity contribution is 5.80. The Hall–Kier alpha value is -1.26. The summed E-state index contributed by atoms with van der Waals surface area (Å²) >= 11 is 0. The van der Waals surface area contributed by atoms with Gasteiger partial charge in [0.05, 0.1) is 0 Å². The molecule has 5 nitrogen and oxygen atoms in total. The van der Waals surface area contributed by atoms with Crippen molar-refractivity contribution in [2.24, 2.45) is 5.92 Å². The van der Waals surface area contributed by atoms with Crippen LogP contribution in [0.15, 0.2) is 0 Å². The van der Waals surface area contributed by atoms with Crippen LogP contribution in [0.1, 0.15) is 40.0 Å². The molecule has 0 unspecified atom stereocenters. The van der Waals surface area contributed by atoms with E-state index < -0.39 is 5.97 Å². The lowest BCUT2D eigenvalue weighted by atomic mass is 10.2. The van der Waals surface area contributed by atoms with Crippen molar-refractivity contribution < 1.29 is 14.7 Å². The SMILES string of the molecule is CCCN(C(=O)N(CC(=O)O)CC(C)C)C1CC1. The number of carboxylic acids is 1. The van der Waals surface area contributed by atoms with Crippen molar-refractivity contribution in [2.45, 2.75) is 46.1 Å². The van der Waals surface area contributed by atoms with Crippen LogP contribution < -0.4 is 0 Å². The fraction of sp³-hybridized carbons (Fsp3) is 0.846. The Morgan fingerprint density at radius 3 is 2.33 bits per heavy atom. The zero-order valence-electron chi connectivity index (χ0n) is 11.6. The number of aliphatic carboxylic acids is 1. The lowest BCUT2D eigenvalue weighted by Gasteiger charge is -2.30. The Labute approximate surface area is 109 Å². The first kappa shape index (κ1) is 14.8. The molecule has 0 radical (unpaired) electrons. The van der Waals surface area contributed by atoms with Crippen LogP contribution >= 0.6 is 0 Å². The van der Waals surface area contributed by atoms with Gasteiger partial charge in [-0.1, -0.05) is 20.8 Å². The highest BCUT2D eigenvalue weighted by Gasteiger charge is 2.34. The van der Waals surface area contributed by atoms with Crippen molar-refractivity contribution >= 4 is 12.0 Å². The van der Waals surface area contributed by atoms with E-state index in [1.54, 1.807) is 0 Å². The summed E-state index contributed by atoms with van der Waals surface area (Å²) in [7, 11) is 0. The van der Waals surface area contributed by atoms with Crippen LogP contribution in [0.2, 0.25) is 0 Å². The van der Waals surface area contributed by atoms with E-state index in [1.807, 2.05) is 25.7 Å². The molecular formula is C13H24N2O3. The first-order chi connectivity index (χ1) is 8.45. The normalized spacial score (nSPS) is 14.7. The molecule has 1 aliphatic carbocycles. The summed E-state index contributed by atoms with van der Waals surface area (Å²) in [5, 5.41) is 8.90. The van der Waals surface area contributed by atoms with Crippen molar-refractivity contribution in [1.82, 2.24) is 9.80 Å². The molecule has 1 N–H and O–H groups in total. The van der Waals surface area contributed by atoms with Gasteiger partial charge in [0.25, 0.3) is 0 Å². The lowest BCUT2D eigenvalue weighted by molar-refractivity contribution is -0.137. The lowest BCUT2D eigenvalue weighted by Crippen LogP contribution is -2.47. The van der Waals surface area contributed by atoms with Crippen LogP contribution in [0.4, 0.5) is 4.79 Å². The van der Waals surface area contributed by atoms with Crippen LogP contribution in [0.3, 0.4) is 0 Å². The quantitative estimate of drug-likeness (QED) is 0.758. The summed E-state index contributed by atoms with van der Waals surface area (Å²) in [6.07, 6.45) is 3.01. The third-order valence-electron chi connectivity index (χ3n) is 2.88. The smallest absolute Gasteiger partial charge is 0.323 e. The molecule has 1 saturated carbocycles. The molecule has 0 saturated heterocycles. The van der Waals surface area contributed by atoms with Gasteiger partial charge < -0.3 is 14.9 Å². The van der Waals surface area contributed by atoms with E-state index in [-0.39, 0.29) is 18.5 Å². The first-order valence-corrected chi connectivity index (χ1v) is 6.73. The van der Waals surface area contributed by atoms with E-state index in [0.29, 0.717) is 12.6 Å². The molecule has 0 atom stereocenters. The van der Waals surface area contributed by atoms with Gasteiger partial charge in [0.1, 0.15) is 6.54 Å². The summed E-state index contributed by atoms with van der Waals surface area (Å²) in [6.45, 7) is 7.03. The minimum absolute atomic E-state index is 0.115. The van der Waals surface area contributed by atoms with E-state index >= 15 is 0 Å². The minimum atomic E-state index is -0.948. The molecule has 2 amide bonds. The van der Waals surface area contributed by atoms with Gasteiger partial charge in [-0.25, -0.2) is 4.79 Å². The number of urea groups is 1. The van der Waals surface area contributed by atoms with E-state index in [2.05, 4.69) is 0 Å². The summed E-state index contributed by atoms with van der Waals surface area (Å²) in [5.41, 5.74) is 0. The van der Waals surface area contributed by atoms with Gasteiger partial charge in [-0.2, -0.15) is 0 Å². The molecule has 1 aliphatic rings. The number of hydrogen-bond donors (Lipinski definition) is 1. The molecule has 104 valence electrons. The number of rotatable bonds is 7. The Morgan fingerprint density at radius 1 is 1.33 bits per heavy atom. The van der Waals surface area contributed by atoms with Gasteiger partial charge in [0, 0.05) is 19.1 Å². The highest BCUT2D eigenvalue weighted by atomic mass is 16.4. The second kappa shape index (κ2) is 6.61. The topological polar surface area (TPSA) is 60.9 Å². The molecule has 18 heavy (non-hydrogen) atoms. The third kappa shape index (κ3) is 4.55. The fourth-order valence-electron chi connectivity index (χ4n) is 2.06. The van der Waals surface area contributed by atoms with Crippen molar-refractivity contribution in [3.05, 3.63) is 0 Å². The van der Waals surface area contributed by atoms with Crippen LogP contribution in [0.5, 0.6) is 0 Å². The van der Waals surface area contributed by atoms with Gasteiger partial charge in [-0.3, -0.25) is 4.79 Å². The zero-order chi connectivity index (χ0) is 13.7. The van der Waals surface area contributed by atoms with Gasteiger partial charge in [0.2, 0.25) is 0 Å². The first-order valence-electron chi connectivity index (χ1n) is 6.73. The van der Waals surface area contributed by atoms with Crippen LogP contribution in [-0.2, 0) is 4.79 Å². The molecule has 5 heteroatoms. The molecule has 0 spiro atoms. The van der Waals surface area contributed by atoms with Crippen LogP contribution in [-0.4, -0.2) is 52.6 Å². The van der Waals surface area contributed by atoms with Crippen molar-refractivity contribution in [3.8, 4) is 0 Å². The monoisotopic (exact) mass is 256 g/mol. The maximum atomic E-state index is 12.4. The van der Waals surface area contributed by atoms with E-state index in [1.165, 1.54) is 4.90 Å². The van der Waals surface area contributed by atoms with Gasteiger partial charge in [-0.15, -0.1) is 0 Å². The number of amides is 2. The molecule has 0 heterocycles. The van der Waals surface area contributed by atoms with E-state index in [4.69, 9.17) is 5.11 Å². The predicted molar refractivity (Wildman–Crippen MR) is 69.5 cm³/mol. The molecule has 1 rings (SSSR count). The number of nitrogens with zero attached hydrogens (tertiary/aromatic N) is 2. The Morgan fingerprint density at radius 2 is 1.94 bits per heavy atom. The fourth-order valence-corrected chi connectivity index (χ4v) is 2.06. The summed E-state index contributed by atoms with van der Waals surface area (Å²) in [4.78, 5) is 26.5. The number of hydrogen-bond acceptors (Lipinski definition) is 2. The third-order valence-corrected chi connectivity index (χ3v) is 2.88. The molecule has 0 aromatic rings. The van der Waals surface area contributed by atoms with Gasteiger partial charge in [0.15, 0.2) is 0 Å². The largest absolute Gasteiger partial charge is 0.480 e. The standard InChI is InChI=1S/C13H24N2O3/c1-4-7-15(11-5-6-11)13(18)14(8-10(2)3)9-12(16)17/h10-11H,4-9H2,1-3H3,(H,16,17). The van der Waals surface area contributed by atoms with E-state index in [9.17, 15) is 9.59 Å². The average molecular weight is 256 g/mol. The number of carboxylic acid groups (broad SMARTS) is 1. The summed E-state index contributed by atoms with van der Waals surface area (Å²) < 4.78 is 0. The van der Waals surface area contributed by atoms with E-state index in [0.717, 1.165) is 25.8 Å². The molecule has 0 aromatic carbocycles. The van der Waals surface area contributed by atoms with Crippen molar-refractivity contribution in [3.63, 3.8) is 0 Å². The number of carbonyl (C=O) groups is 2. The Bertz CT molecular complexity index is 301. The van der Waals surface area contributed by atoms with Crippen LogP contribution in [0.25, 0.3) is 0 Å². The molecular weight excluding hydrogens is 232 g/mol. The van der Waals surface area contributed by atoms with Crippen LogP contribution in [0, 0.1) is 5.92 Å². The second-order valence-corrected chi connectivity index (χ2v) is 5.38. The average Bonchev–Trinajstić information content (AvgIpc) is 3.06. The van der Waals surface area contributed by atoms with Crippen molar-refractivity contribution in [2.75, 3.05) is 19.6 Å². The number of carbonyl (C=O) groups excluding carboxylic acids is 1. The predicted octanol–water partition coefficient (Wildman–Crippen LogP) is 2.02. The highest BCUT2D eigenvalue weighted by Crippen LogP contribution is 2.28. The Balaban J connectivity index is 2.68. The molecule has 0 aliphatic heterocycles. The van der Waals surface area contributed by atoms with Gasteiger partial charge >= 0.3 is 12.0 Å². The second-order valence-electron chi connectivity index (χ2n) is 5.38. The minimum Gasteiger partial charge on any atom is -0.480 e. The molecule has 1 fully saturated rings. The zero-order valence-corrected chi connectivity index (χ0v) is 11.6. The summed E-state index contributed by atoms with van der Waals surface area (Å²) in [5.74, 6) is -0.674. The maximum absolute atomic E-state index is 12.4. The summed E-state index contributed by atoms with van der Waals surface area (Å²) in [6, 6.07) is 0.219. The molecule has 0 aromatic heterocycles. The van der Waals surface area contributed by atoms with Crippen molar-refractivity contribution in [1.29, 1.82) is 0 Å².